The SMILES string of the molecule is C=C(C)CCOP(=O)(O)OP(=O)(O)O.C=C(C)CCOP(=O)(O)OP(=O)(O)O.CC(C)=CCOP(=O)(O)OP(=O)(O)O. The van der Waals surface area contributed by atoms with Crippen LogP contribution >= 0.6 is 46.9 Å². The van der Waals surface area contributed by atoms with E-state index in [1.54, 1.807) is 27.7 Å². The third-order valence-corrected chi connectivity index (χ3v) is 9.45. The maximum absolute atomic E-state index is 10.8. The molecule has 3 unspecified atom stereocenters. The van der Waals surface area contributed by atoms with Crippen LogP contribution in [-0.4, -0.2) is 63.9 Å². The molecule has 0 aliphatic rings. The van der Waals surface area contributed by atoms with E-state index in [0.717, 1.165) is 5.57 Å². The zero-order valence-electron chi connectivity index (χ0n) is 22.6. The molecule has 0 saturated carbocycles. The maximum Gasteiger partial charge on any atom is 0.481 e. The van der Waals surface area contributed by atoms with Gasteiger partial charge in [0.1, 0.15) is 0 Å². The summed E-state index contributed by atoms with van der Waals surface area (Å²) in [6.45, 7) is 13.2. The molecule has 0 spiro atoms. The van der Waals surface area contributed by atoms with Gasteiger partial charge < -0.3 is 44.0 Å². The first kappa shape index (κ1) is 46.4. The Labute approximate surface area is 241 Å². The molecule has 42 heavy (non-hydrogen) atoms. The van der Waals surface area contributed by atoms with Crippen molar-refractivity contribution in [2.45, 2.75) is 40.5 Å². The fourth-order valence-electron chi connectivity index (χ4n) is 1.44. The van der Waals surface area contributed by atoms with Gasteiger partial charge in [-0.15, -0.1) is 13.2 Å². The van der Waals surface area contributed by atoms with Crippen LogP contribution in [0.4, 0.5) is 0 Å². The van der Waals surface area contributed by atoms with Crippen molar-refractivity contribution < 1.29 is 97.9 Å². The van der Waals surface area contributed by atoms with E-state index < -0.39 is 46.9 Å². The first-order chi connectivity index (χ1) is 18.4. The second-order valence-corrected chi connectivity index (χ2v) is 16.3. The predicted molar refractivity (Wildman–Crippen MR) is 145 cm³/mol. The van der Waals surface area contributed by atoms with Crippen molar-refractivity contribution >= 4 is 46.9 Å². The average Bonchev–Trinajstić information content (AvgIpc) is 2.61. The molecule has 0 bridgehead atoms. The van der Waals surface area contributed by atoms with Gasteiger partial charge in [-0.1, -0.05) is 22.8 Å². The summed E-state index contributed by atoms with van der Waals surface area (Å²) in [4.78, 5) is 75.6. The maximum atomic E-state index is 10.8. The molecule has 0 aliphatic carbocycles. The second-order valence-electron chi connectivity index (χ2n) is 7.78. The Hall–Kier alpha value is -0.000000000000000153. The summed E-state index contributed by atoms with van der Waals surface area (Å²) in [6.07, 6.45) is 2.07. The Morgan fingerprint density at radius 2 is 0.810 bits per heavy atom. The Balaban J connectivity index is -0.000000543. The molecular formula is C15H36O21P6. The van der Waals surface area contributed by atoms with Crippen molar-refractivity contribution in [2.75, 3.05) is 19.8 Å². The van der Waals surface area contributed by atoms with Gasteiger partial charge in [0, 0.05) is 0 Å². The molecule has 0 aliphatic heterocycles. The lowest BCUT2D eigenvalue weighted by Crippen LogP contribution is -1.96. The topological polar surface area (TPSA) is 340 Å². The molecule has 0 amide bonds. The van der Waals surface area contributed by atoms with Gasteiger partial charge in [0.25, 0.3) is 0 Å². The monoisotopic (exact) mass is 738 g/mol. The quantitative estimate of drug-likeness (QED) is 0.0760. The smallest absolute Gasteiger partial charge is 0.302 e. The standard InChI is InChI=1S/3C5H12O7P2/c3*1-5(2)3-4-11-14(9,10)12-13(6,7)8/h3H,4H2,1-2H3,(H,9,10)(H2,6,7,8);2*1,3-4H2,2H3,(H,9,10)(H2,6,7,8). The molecule has 27 heteroatoms. The van der Waals surface area contributed by atoms with Gasteiger partial charge in [-0.2, -0.15) is 12.9 Å². The summed E-state index contributed by atoms with van der Waals surface area (Å²) in [5, 5.41) is 0. The average molecular weight is 738 g/mol. The molecule has 0 saturated heterocycles. The minimum absolute atomic E-state index is 0.191. The van der Waals surface area contributed by atoms with Crippen LogP contribution in [0.15, 0.2) is 36.0 Å². The minimum atomic E-state index is -5.01. The van der Waals surface area contributed by atoms with E-state index in [0.29, 0.717) is 24.0 Å². The van der Waals surface area contributed by atoms with Crippen LogP contribution in [0.2, 0.25) is 0 Å². The van der Waals surface area contributed by atoms with Crippen LogP contribution in [-0.2, 0) is 53.9 Å². The van der Waals surface area contributed by atoms with Crippen molar-refractivity contribution in [1.29, 1.82) is 0 Å². The van der Waals surface area contributed by atoms with E-state index in [-0.39, 0.29) is 19.8 Å². The molecule has 0 heterocycles. The summed E-state index contributed by atoms with van der Waals surface area (Å²) in [7, 11) is -29.1. The third kappa shape index (κ3) is 40.0. The number of hydrogen-bond acceptors (Lipinski definition) is 12. The fourth-order valence-corrected chi connectivity index (χ4v) is 6.14. The van der Waals surface area contributed by atoms with Gasteiger partial charge in [0.15, 0.2) is 0 Å². The summed E-state index contributed by atoms with van der Waals surface area (Å²) >= 11 is 0. The van der Waals surface area contributed by atoms with Crippen LogP contribution in [0.1, 0.15) is 40.5 Å². The molecule has 0 radical (unpaired) electrons. The van der Waals surface area contributed by atoms with E-state index in [1.165, 1.54) is 6.08 Å². The number of hydrogen-bond donors (Lipinski definition) is 9. The Bertz CT molecular complexity index is 1110. The van der Waals surface area contributed by atoms with Gasteiger partial charge in [-0.3, -0.25) is 13.6 Å². The highest BCUT2D eigenvalue weighted by Gasteiger charge is 2.33. The third-order valence-electron chi connectivity index (χ3n) is 2.92. The fraction of sp³-hybridized carbons (Fsp3) is 0.600. The highest BCUT2D eigenvalue weighted by atomic mass is 31.3. The summed E-state index contributed by atoms with van der Waals surface area (Å²) in [5.41, 5.74) is 2.25. The summed E-state index contributed by atoms with van der Waals surface area (Å²) < 4.78 is 86.3. The number of rotatable bonds is 17. The van der Waals surface area contributed by atoms with Crippen LogP contribution < -0.4 is 0 Å². The van der Waals surface area contributed by atoms with Gasteiger partial charge >= 0.3 is 46.9 Å². The molecule has 0 fully saturated rings. The van der Waals surface area contributed by atoms with Crippen LogP contribution in [0, 0.1) is 0 Å². The Morgan fingerprint density at radius 3 is 1.02 bits per heavy atom. The van der Waals surface area contributed by atoms with E-state index in [9.17, 15) is 27.4 Å². The molecule has 21 nitrogen and oxygen atoms in total. The normalized spacial score (nSPS) is 16.2. The first-order valence-electron chi connectivity index (χ1n) is 10.5. The van der Waals surface area contributed by atoms with Gasteiger partial charge in [-0.25, -0.2) is 27.4 Å². The first-order valence-corrected chi connectivity index (χ1v) is 19.6. The molecule has 0 aromatic heterocycles. The molecular weight excluding hydrogens is 702 g/mol. The predicted octanol–water partition coefficient (Wildman–Crippen LogP) is 3.54. The lowest BCUT2D eigenvalue weighted by Gasteiger charge is -2.11. The van der Waals surface area contributed by atoms with Crippen molar-refractivity contribution in [3.8, 4) is 0 Å². The zero-order valence-corrected chi connectivity index (χ0v) is 28.0. The summed E-state index contributed by atoms with van der Waals surface area (Å²) in [5.74, 6) is 0. The van der Waals surface area contributed by atoms with Crippen LogP contribution in [0.5, 0.6) is 0 Å². The number of phosphoric ester groups is 3. The number of allylic oxidation sites excluding steroid dienone is 1. The number of phosphoric acid groups is 6. The van der Waals surface area contributed by atoms with Crippen molar-refractivity contribution in [2.24, 2.45) is 0 Å². The van der Waals surface area contributed by atoms with Crippen LogP contribution in [0.3, 0.4) is 0 Å². The van der Waals surface area contributed by atoms with E-state index >= 15 is 0 Å². The van der Waals surface area contributed by atoms with Gasteiger partial charge in [0.2, 0.25) is 0 Å². The molecule has 9 N–H and O–H groups in total. The Morgan fingerprint density at radius 1 is 0.548 bits per heavy atom. The van der Waals surface area contributed by atoms with E-state index in [1.807, 2.05) is 0 Å². The largest absolute Gasteiger partial charge is 0.481 e. The molecule has 252 valence electrons. The Kier molecular flexibility index (Phi) is 22.3. The van der Waals surface area contributed by atoms with Crippen molar-refractivity contribution in [1.82, 2.24) is 0 Å². The van der Waals surface area contributed by atoms with Gasteiger partial charge in [-0.05, 0) is 40.5 Å². The molecule has 0 aromatic carbocycles. The zero-order chi connectivity index (χ0) is 34.2. The molecule has 3 atom stereocenters. The van der Waals surface area contributed by atoms with E-state index in [2.05, 4.69) is 39.7 Å². The van der Waals surface area contributed by atoms with Crippen molar-refractivity contribution in [3.05, 3.63) is 36.0 Å². The van der Waals surface area contributed by atoms with Crippen LogP contribution in [0.25, 0.3) is 0 Å². The second kappa shape index (κ2) is 20.2. The van der Waals surface area contributed by atoms with E-state index in [4.69, 9.17) is 44.0 Å². The lowest BCUT2D eigenvalue weighted by atomic mass is 10.3. The lowest BCUT2D eigenvalue weighted by molar-refractivity contribution is 0.177. The van der Waals surface area contributed by atoms with Crippen molar-refractivity contribution in [3.63, 3.8) is 0 Å². The van der Waals surface area contributed by atoms with Gasteiger partial charge in [0.05, 0.1) is 19.8 Å². The minimum Gasteiger partial charge on any atom is -0.302 e. The highest BCUT2D eigenvalue weighted by molar-refractivity contribution is 7.61. The molecule has 0 rings (SSSR count). The summed E-state index contributed by atoms with van der Waals surface area (Å²) in [6, 6.07) is 0. The molecule has 0 aromatic rings. The highest BCUT2D eigenvalue weighted by Crippen LogP contribution is 2.59.